The molecule has 3 aromatic rings. The minimum absolute atomic E-state index is 0.799. The predicted octanol–water partition coefficient (Wildman–Crippen LogP) is 2.41. The number of benzene rings is 1. The maximum atomic E-state index is 4.74. The fourth-order valence-electron chi connectivity index (χ4n) is 2.92. The van der Waals surface area contributed by atoms with Crippen LogP contribution in [0.1, 0.15) is 5.56 Å². The first-order valence-electron chi connectivity index (χ1n) is 7.95. The molecule has 0 aliphatic carbocycles. The van der Waals surface area contributed by atoms with Crippen molar-refractivity contribution in [1.29, 1.82) is 0 Å². The Hall–Kier alpha value is -2.53. The number of nitrogens with zero attached hydrogens (tertiary/aromatic N) is 4. The number of piperazine rings is 1. The summed E-state index contributed by atoms with van der Waals surface area (Å²) in [5.74, 6) is 0.799. The lowest BCUT2D eigenvalue weighted by atomic mass is 10.1. The summed E-state index contributed by atoms with van der Waals surface area (Å²) in [6, 6.07) is 10.4. The van der Waals surface area contributed by atoms with E-state index < -0.39 is 0 Å². The van der Waals surface area contributed by atoms with E-state index in [0.717, 1.165) is 54.3 Å². The lowest BCUT2D eigenvalue weighted by molar-refractivity contribution is 0.580. The number of nitrogens with one attached hydrogen (secondary N) is 1. The third kappa shape index (κ3) is 2.87. The first-order chi connectivity index (χ1) is 11.3. The Kier molecular flexibility index (Phi) is 3.63. The van der Waals surface area contributed by atoms with Gasteiger partial charge in [-0.2, -0.15) is 0 Å². The largest absolute Gasteiger partial charge is 0.338 e. The number of hydrogen-bond donors (Lipinski definition) is 1. The molecule has 4 rings (SSSR count). The maximum absolute atomic E-state index is 4.74. The third-order valence-corrected chi connectivity index (χ3v) is 4.18. The van der Waals surface area contributed by atoms with Gasteiger partial charge in [0.1, 0.15) is 0 Å². The number of rotatable bonds is 2. The van der Waals surface area contributed by atoms with Gasteiger partial charge in [-0.25, -0.2) is 9.97 Å². The Bertz CT molecular complexity index is 840. The molecule has 0 radical (unpaired) electrons. The summed E-state index contributed by atoms with van der Waals surface area (Å²) >= 11 is 0. The average molecular weight is 305 g/mol. The van der Waals surface area contributed by atoms with Crippen LogP contribution in [0.25, 0.3) is 22.2 Å². The topological polar surface area (TPSA) is 53.9 Å². The minimum Gasteiger partial charge on any atom is -0.338 e. The van der Waals surface area contributed by atoms with Gasteiger partial charge in [-0.15, -0.1) is 0 Å². The zero-order valence-corrected chi connectivity index (χ0v) is 13.2. The van der Waals surface area contributed by atoms with E-state index in [1.54, 1.807) is 0 Å². The highest BCUT2D eigenvalue weighted by Crippen LogP contribution is 2.23. The van der Waals surface area contributed by atoms with Crippen molar-refractivity contribution < 1.29 is 0 Å². The lowest BCUT2D eigenvalue weighted by Gasteiger charge is -2.27. The molecule has 5 nitrogen and oxygen atoms in total. The molecular weight excluding hydrogens is 286 g/mol. The Morgan fingerprint density at radius 1 is 1.04 bits per heavy atom. The maximum Gasteiger partial charge on any atom is 0.225 e. The monoisotopic (exact) mass is 305 g/mol. The smallest absolute Gasteiger partial charge is 0.225 e. The summed E-state index contributed by atoms with van der Waals surface area (Å²) in [4.78, 5) is 16.0. The molecule has 3 heterocycles. The Labute approximate surface area is 135 Å². The summed E-state index contributed by atoms with van der Waals surface area (Å²) in [6.45, 7) is 5.94. The molecular formula is C18H19N5. The molecule has 1 aliphatic rings. The van der Waals surface area contributed by atoms with Crippen LogP contribution in [-0.2, 0) is 0 Å². The summed E-state index contributed by atoms with van der Waals surface area (Å²) < 4.78 is 0. The molecule has 5 heteroatoms. The van der Waals surface area contributed by atoms with Crippen LogP contribution in [0.5, 0.6) is 0 Å². The quantitative estimate of drug-likeness (QED) is 0.788. The summed E-state index contributed by atoms with van der Waals surface area (Å²) in [5, 5.41) is 4.49. The second kappa shape index (κ2) is 5.93. The molecule has 0 saturated carbocycles. The number of hydrogen-bond acceptors (Lipinski definition) is 5. The van der Waals surface area contributed by atoms with Gasteiger partial charge in [0, 0.05) is 49.5 Å². The molecule has 1 N–H and O–H groups in total. The van der Waals surface area contributed by atoms with Crippen LogP contribution in [0.3, 0.4) is 0 Å². The molecule has 1 aliphatic heterocycles. The van der Waals surface area contributed by atoms with Crippen molar-refractivity contribution in [1.82, 2.24) is 20.3 Å². The highest BCUT2D eigenvalue weighted by Gasteiger charge is 2.13. The SMILES string of the molecule is Cc1ccc2ncc(-c3ccnc(N4CCNCC4)n3)cc2c1. The Balaban J connectivity index is 1.72. The van der Waals surface area contributed by atoms with Gasteiger partial charge in [0.2, 0.25) is 5.95 Å². The van der Waals surface area contributed by atoms with E-state index in [-0.39, 0.29) is 0 Å². The van der Waals surface area contributed by atoms with Crippen LogP contribution in [0.15, 0.2) is 42.7 Å². The first kappa shape index (κ1) is 14.1. The van der Waals surface area contributed by atoms with Crippen LogP contribution in [0.4, 0.5) is 5.95 Å². The van der Waals surface area contributed by atoms with Crippen molar-refractivity contribution in [3.8, 4) is 11.3 Å². The molecule has 0 amide bonds. The van der Waals surface area contributed by atoms with E-state index in [9.17, 15) is 0 Å². The van der Waals surface area contributed by atoms with Gasteiger partial charge in [0.15, 0.2) is 0 Å². The Morgan fingerprint density at radius 3 is 2.78 bits per heavy atom. The normalized spacial score (nSPS) is 15.1. The van der Waals surface area contributed by atoms with E-state index in [4.69, 9.17) is 4.98 Å². The average Bonchev–Trinajstić information content (AvgIpc) is 2.62. The number of pyridine rings is 1. The van der Waals surface area contributed by atoms with Gasteiger partial charge >= 0.3 is 0 Å². The fourth-order valence-corrected chi connectivity index (χ4v) is 2.92. The van der Waals surface area contributed by atoms with Crippen molar-refractivity contribution in [3.05, 3.63) is 48.3 Å². The zero-order valence-electron chi connectivity index (χ0n) is 13.2. The molecule has 1 fully saturated rings. The first-order valence-corrected chi connectivity index (χ1v) is 7.95. The van der Waals surface area contributed by atoms with Gasteiger partial charge in [0.05, 0.1) is 11.2 Å². The predicted molar refractivity (Wildman–Crippen MR) is 92.6 cm³/mol. The van der Waals surface area contributed by atoms with Crippen LogP contribution in [0.2, 0.25) is 0 Å². The van der Waals surface area contributed by atoms with Crippen molar-refractivity contribution in [2.75, 3.05) is 31.1 Å². The molecule has 0 bridgehead atoms. The van der Waals surface area contributed by atoms with E-state index in [0.29, 0.717) is 0 Å². The minimum atomic E-state index is 0.799. The van der Waals surface area contributed by atoms with Crippen molar-refractivity contribution >= 4 is 16.9 Å². The number of aryl methyl sites for hydroxylation is 1. The van der Waals surface area contributed by atoms with Gasteiger partial charge < -0.3 is 10.2 Å². The van der Waals surface area contributed by atoms with Crippen LogP contribution < -0.4 is 10.2 Å². The highest BCUT2D eigenvalue weighted by molar-refractivity contribution is 5.83. The highest BCUT2D eigenvalue weighted by atomic mass is 15.3. The second-order valence-corrected chi connectivity index (χ2v) is 5.90. The second-order valence-electron chi connectivity index (χ2n) is 5.90. The molecule has 0 spiro atoms. The van der Waals surface area contributed by atoms with E-state index >= 15 is 0 Å². The van der Waals surface area contributed by atoms with Crippen LogP contribution in [0, 0.1) is 6.92 Å². The van der Waals surface area contributed by atoms with Crippen LogP contribution in [-0.4, -0.2) is 41.1 Å². The van der Waals surface area contributed by atoms with Crippen molar-refractivity contribution in [2.24, 2.45) is 0 Å². The standard InChI is InChI=1S/C18H19N5/c1-13-2-3-16-14(10-13)11-15(12-21-16)17-4-5-20-18(22-17)23-8-6-19-7-9-23/h2-5,10-12,19H,6-9H2,1H3. The summed E-state index contributed by atoms with van der Waals surface area (Å²) in [6.07, 6.45) is 3.72. The molecule has 23 heavy (non-hydrogen) atoms. The van der Waals surface area contributed by atoms with Crippen molar-refractivity contribution in [2.45, 2.75) is 6.92 Å². The molecule has 0 unspecified atom stereocenters. The number of fused-ring (bicyclic) bond motifs is 1. The van der Waals surface area contributed by atoms with Gasteiger partial charge in [-0.05, 0) is 31.2 Å². The summed E-state index contributed by atoms with van der Waals surface area (Å²) in [5.41, 5.74) is 4.20. The fraction of sp³-hybridized carbons (Fsp3) is 0.278. The van der Waals surface area contributed by atoms with Gasteiger partial charge in [0.25, 0.3) is 0 Å². The lowest BCUT2D eigenvalue weighted by Crippen LogP contribution is -2.44. The van der Waals surface area contributed by atoms with Crippen molar-refractivity contribution in [3.63, 3.8) is 0 Å². The molecule has 116 valence electrons. The van der Waals surface area contributed by atoms with E-state index in [1.807, 2.05) is 18.5 Å². The summed E-state index contributed by atoms with van der Waals surface area (Å²) in [7, 11) is 0. The van der Waals surface area contributed by atoms with E-state index in [2.05, 4.69) is 51.4 Å². The Morgan fingerprint density at radius 2 is 1.91 bits per heavy atom. The zero-order chi connectivity index (χ0) is 15.6. The third-order valence-electron chi connectivity index (χ3n) is 4.18. The van der Waals surface area contributed by atoms with Gasteiger partial charge in [-0.1, -0.05) is 11.6 Å². The molecule has 2 aromatic heterocycles. The molecule has 0 atom stereocenters. The van der Waals surface area contributed by atoms with E-state index in [1.165, 1.54) is 5.56 Å². The van der Waals surface area contributed by atoms with Gasteiger partial charge in [-0.3, -0.25) is 4.98 Å². The number of aromatic nitrogens is 3. The molecule has 1 saturated heterocycles. The van der Waals surface area contributed by atoms with Crippen LogP contribution >= 0.6 is 0 Å². The number of anilines is 1. The molecule has 1 aromatic carbocycles.